The minimum atomic E-state index is -0.621. The number of benzene rings is 1. The zero-order valence-electron chi connectivity index (χ0n) is 11.3. The summed E-state index contributed by atoms with van der Waals surface area (Å²) in [6.45, 7) is 2.50. The van der Waals surface area contributed by atoms with Crippen molar-refractivity contribution < 1.29 is 14.2 Å². The summed E-state index contributed by atoms with van der Waals surface area (Å²) in [5.41, 5.74) is 0.233. The van der Waals surface area contributed by atoms with Crippen LogP contribution in [0.3, 0.4) is 0 Å². The van der Waals surface area contributed by atoms with E-state index in [2.05, 4.69) is 5.32 Å². The maximum Gasteiger partial charge on any atom is 0.165 e. The molecule has 0 aromatic heterocycles. The Morgan fingerprint density at radius 1 is 1.58 bits per heavy atom. The summed E-state index contributed by atoms with van der Waals surface area (Å²) in [6, 6.07) is 4.94. The van der Waals surface area contributed by atoms with Gasteiger partial charge in [0.2, 0.25) is 0 Å². The lowest BCUT2D eigenvalue weighted by molar-refractivity contribution is 0.0651. The summed E-state index contributed by atoms with van der Waals surface area (Å²) in [5, 5.41) is 13.5. The molecular weight excluding hydrogens is 265 g/mol. The third-order valence-corrected chi connectivity index (χ3v) is 4.73. The number of nitrogens with one attached hydrogen (secondary N) is 1. The molecule has 5 heteroatoms. The first-order valence-electron chi connectivity index (χ1n) is 6.41. The molecule has 2 atom stereocenters. The fourth-order valence-corrected chi connectivity index (χ4v) is 3.44. The van der Waals surface area contributed by atoms with Gasteiger partial charge in [0, 0.05) is 18.3 Å². The number of hydrogen-bond donors (Lipinski definition) is 2. The SMILES string of the molecule is COc1ccc(C(C)NCC2(O)CCSC2)cc1F. The second-order valence-electron chi connectivity index (χ2n) is 5.02. The lowest BCUT2D eigenvalue weighted by Crippen LogP contribution is -2.41. The molecule has 106 valence electrons. The molecule has 1 heterocycles. The molecule has 1 saturated heterocycles. The van der Waals surface area contributed by atoms with Crippen LogP contribution >= 0.6 is 11.8 Å². The molecule has 3 nitrogen and oxygen atoms in total. The first-order valence-corrected chi connectivity index (χ1v) is 7.56. The van der Waals surface area contributed by atoms with Gasteiger partial charge in [-0.1, -0.05) is 6.07 Å². The Balaban J connectivity index is 1.95. The van der Waals surface area contributed by atoms with E-state index in [9.17, 15) is 9.50 Å². The Bertz CT molecular complexity index is 435. The Morgan fingerprint density at radius 2 is 2.37 bits per heavy atom. The highest BCUT2D eigenvalue weighted by molar-refractivity contribution is 7.99. The van der Waals surface area contributed by atoms with Gasteiger partial charge in [-0.05, 0) is 36.8 Å². The highest BCUT2D eigenvalue weighted by Gasteiger charge is 2.31. The van der Waals surface area contributed by atoms with Gasteiger partial charge >= 0.3 is 0 Å². The number of hydrogen-bond acceptors (Lipinski definition) is 4. The Morgan fingerprint density at radius 3 is 2.95 bits per heavy atom. The van der Waals surface area contributed by atoms with Gasteiger partial charge in [0.25, 0.3) is 0 Å². The number of rotatable bonds is 5. The van der Waals surface area contributed by atoms with E-state index in [1.165, 1.54) is 13.2 Å². The third-order valence-electron chi connectivity index (χ3n) is 3.50. The maximum absolute atomic E-state index is 13.6. The minimum Gasteiger partial charge on any atom is -0.494 e. The number of methoxy groups -OCH3 is 1. The van der Waals surface area contributed by atoms with Gasteiger partial charge in [0.05, 0.1) is 12.7 Å². The molecule has 0 bridgehead atoms. The minimum absolute atomic E-state index is 0.00460. The summed E-state index contributed by atoms with van der Waals surface area (Å²) in [5.74, 6) is 1.67. The lowest BCUT2D eigenvalue weighted by atomic mass is 10.0. The van der Waals surface area contributed by atoms with Crippen molar-refractivity contribution in [3.05, 3.63) is 29.6 Å². The Kier molecular flexibility index (Phi) is 4.71. The van der Waals surface area contributed by atoms with Crippen LogP contribution in [-0.4, -0.2) is 35.9 Å². The summed E-state index contributed by atoms with van der Waals surface area (Å²) >= 11 is 1.77. The standard InChI is InChI=1S/C14H20FNO2S/c1-10(16-8-14(17)5-6-19-9-14)11-3-4-13(18-2)12(15)7-11/h3-4,7,10,16-17H,5-6,8-9H2,1-2H3. The van der Waals surface area contributed by atoms with Crippen molar-refractivity contribution in [1.29, 1.82) is 0 Å². The molecule has 0 spiro atoms. The highest BCUT2D eigenvalue weighted by atomic mass is 32.2. The van der Waals surface area contributed by atoms with Crippen LogP contribution < -0.4 is 10.1 Å². The molecule has 0 aliphatic carbocycles. The predicted octanol–water partition coefficient (Wildman–Crippen LogP) is 2.35. The van der Waals surface area contributed by atoms with Crippen molar-refractivity contribution in [3.63, 3.8) is 0 Å². The predicted molar refractivity (Wildman–Crippen MR) is 76.3 cm³/mol. The lowest BCUT2D eigenvalue weighted by Gasteiger charge is -2.24. The largest absolute Gasteiger partial charge is 0.494 e. The highest BCUT2D eigenvalue weighted by Crippen LogP contribution is 2.28. The maximum atomic E-state index is 13.6. The average molecular weight is 285 g/mol. The molecule has 0 saturated carbocycles. The monoisotopic (exact) mass is 285 g/mol. The van der Waals surface area contributed by atoms with Crippen LogP contribution in [-0.2, 0) is 0 Å². The average Bonchev–Trinajstić information content (AvgIpc) is 2.83. The second kappa shape index (κ2) is 6.11. The smallest absolute Gasteiger partial charge is 0.165 e. The summed E-state index contributed by atoms with van der Waals surface area (Å²) < 4.78 is 18.5. The molecule has 1 fully saturated rings. The van der Waals surface area contributed by atoms with Crippen molar-refractivity contribution in [2.75, 3.05) is 25.2 Å². The van der Waals surface area contributed by atoms with Gasteiger partial charge in [-0.15, -0.1) is 0 Å². The Hall–Kier alpha value is -0.780. The van der Waals surface area contributed by atoms with Crippen LogP contribution in [0.15, 0.2) is 18.2 Å². The van der Waals surface area contributed by atoms with E-state index in [0.29, 0.717) is 6.54 Å². The second-order valence-corrected chi connectivity index (χ2v) is 6.13. The summed E-state index contributed by atoms with van der Waals surface area (Å²) in [7, 11) is 1.45. The zero-order chi connectivity index (χ0) is 13.9. The first-order chi connectivity index (χ1) is 9.04. The molecule has 2 rings (SSSR count). The quantitative estimate of drug-likeness (QED) is 0.871. The third kappa shape index (κ3) is 3.61. The molecule has 19 heavy (non-hydrogen) atoms. The van der Waals surface area contributed by atoms with Crippen LogP contribution in [0, 0.1) is 5.82 Å². The molecule has 1 aromatic rings. The van der Waals surface area contributed by atoms with Gasteiger partial charge in [0.1, 0.15) is 0 Å². The van der Waals surface area contributed by atoms with Crippen molar-refractivity contribution in [3.8, 4) is 5.75 Å². The van der Waals surface area contributed by atoms with Crippen LogP contribution in [0.25, 0.3) is 0 Å². The molecule has 0 radical (unpaired) electrons. The van der Waals surface area contributed by atoms with E-state index in [0.717, 1.165) is 23.5 Å². The van der Waals surface area contributed by atoms with E-state index in [1.807, 2.05) is 13.0 Å². The Labute approximate surface area is 117 Å². The van der Waals surface area contributed by atoms with Crippen LogP contribution in [0.5, 0.6) is 5.75 Å². The summed E-state index contributed by atoms with van der Waals surface area (Å²) in [4.78, 5) is 0. The van der Waals surface area contributed by atoms with Gasteiger partial charge in [-0.2, -0.15) is 11.8 Å². The molecule has 1 aliphatic heterocycles. The molecule has 2 N–H and O–H groups in total. The van der Waals surface area contributed by atoms with E-state index in [4.69, 9.17) is 4.74 Å². The van der Waals surface area contributed by atoms with Gasteiger partial charge < -0.3 is 15.2 Å². The zero-order valence-corrected chi connectivity index (χ0v) is 12.1. The molecule has 1 aliphatic rings. The van der Waals surface area contributed by atoms with Gasteiger partial charge in [0.15, 0.2) is 11.6 Å². The fourth-order valence-electron chi connectivity index (χ4n) is 2.15. The van der Waals surface area contributed by atoms with E-state index >= 15 is 0 Å². The fraction of sp³-hybridized carbons (Fsp3) is 0.571. The molecule has 1 aromatic carbocycles. The molecule has 2 unspecified atom stereocenters. The van der Waals surface area contributed by atoms with Crippen LogP contribution in [0.1, 0.15) is 24.9 Å². The normalized spacial score (nSPS) is 24.4. The van der Waals surface area contributed by atoms with E-state index in [1.54, 1.807) is 17.8 Å². The number of halogens is 1. The van der Waals surface area contributed by atoms with Crippen LogP contribution in [0.2, 0.25) is 0 Å². The van der Waals surface area contributed by atoms with Gasteiger partial charge in [-0.3, -0.25) is 0 Å². The van der Waals surface area contributed by atoms with E-state index in [-0.39, 0.29) is 17.6 Å². The van der Waals surface area contributed by atoms with Gasteiger partial charge in [-0.25, -0.2) is 4.39 Å². The van der Waals surface area contributed by atoms with E-state index < -0.39 is 5.60 Å². The number of aliphatic hydroxyl groups is 1. The first kappa shape index (κ1) is 14.6. The number of ether oxygens (including phenoxy) is 1. The van der Waals surface area contributed by atoms with Crippen molar-refractivity contribution in [2.45, 2.75) is 25.0 Å². The van der Waals surface area contributed by atoms with Crippen LogP contribution in [0.4, 0.5) is 4.39 Å². The van der Waals surface area contributed by atoms with Crippen molar-refractivity contribution in [1.82, 2.24) is 5.32 Å². The topological polar surface area (TPSA) is 41.5 Å². The van der Waals surface area contributed by atoms with Crippen molar-refractivity contribution in [2.24, 2.45) is 0 Å². The molecule has 0 amide bonds. The number of thioether (sulfide) groups is 1. The van der Waals surface area contributed by atoms with Crippen molar-refractivity contribution >= 4 is 11.8 Å². The molecular formula is C14H20FNO2S. The summed E-state index contributed by atoms with van der Waals surface area (Å²) in [6.07, 6.45) is 0.814.